The van der Waals surface area contributed by atoms with E-state index in [1.54, 1.807) is 0 Å². The Morgan fingerprint density at radius 3 is 2.65 bits per heavy atom. The Morgan fingerprint density at radius 2 is 2.10 bits per heavy atom. The highest BCUT2D eigenvalue weighted by molar-refractivity contribution is 9.10. The summed E-state index contributed by atoms with van der Waals surface area (Å²) in [7, 11) is 3.85. The van der Waals surface area contributed by atoms with Crippen molar-refractivity contribution in [1.29, 1.82) is 0 Å². The normalized spacial score (nSPS) is 16.6. The summed E-state index contributed by atoms with van der Waals surface area (Å²) < 4.78 is 1.12. The number of likely N-dealkylation sites (N-methyl/N-ethyl adjacent to an activating group) is 1. The van der Waals surface area contributed by atoms with Crippen LogP contribution in [0.25, 0.3) is 0 Å². The van der Waals surface area contributed by atoms with E-state index in [9.17, 15) is 4.79 Å². The summed E-state index contributed by atoms with van der Waals surface area (Å²) in [6.07, 6.45) is 4.10. The number of hydrogen-bond donors (Lipinski definition) is 1. The lowest BCUT2D eigenvalue weighted by molar-refractivity contribution is -0.145. The molecule has 0 heterocycles. The summed E-state index contributed by atoms with van der Waals surface area (Å²) in [6, 6.07) is 8.20. The SMILES string of the molecule is CNCC1(C(=O)N(C)CCc2ccccc2Br)CCC1. The van der Waals surface area contributed by atoms with Gasteiger partial charge in [-0.1, -0.05) is 40.5 Å². The van der Waals surface area contributed by atoms with Gasteiger partial charge in [-0.3, -0.25) is 4.79 Å². The van der Waals surface area contributed by atoms with Crippen LogP contribution in [0.4, 0.5) is 0 Å². The van der Waals surface area contributed by atoms with Crippen LogP contribution in [0.3, 0.4) is 0 Å². The number of carbonyl (C=O) groups excluding carboxylic acids is 1. The summed E-state index contributed by atoms with van der Waals surface area (Å²) in [5, 5.41) is 3.17. The molecule has 1 N–H and O–H groups in total. The van der Waals surface area contributed by atoms with Gasteiger partial charge in [-0.15, -0.1) is 0 Å². The van der Waals surface area contributed by atoms with Crippen LogP contribution in [0, 0.1) is 5.41 Å². The maximum Gasteiger partial charge on any atom is 0.229 e. The quantitative estimate of drug-likeness (QED) is 0.864. The molecule has 2 rings (SSSR count). The first-order chi connectivity index (χ1) is 9.59. The Morgan fingerprint density at radius 1 is 1.40 bits per heavy atom. The number of nitrogens with zero attached hydrogens (tertiary/aromatic N) is 1. The lowest BCUT2D eigenvalue weighted by Gasteiger charge is -2.42. The number of nitrogens with one attached hydrogen (secondary N) is 1. The van der Waals surface area contributed by atoms with Gasteiger partial charge in [0.1, 0.15) is 0 Å². The molecule has 20 heavy (non-hydrogen) atoms. The number of carbonyl (C=O) groups is 1. The number of halogens is 1. The Kier molecular flexibility index (Phi) is 5.22. The van der Waals surface area contributed by atoms with E-state index in [1.165, 1.54) is 12.0 Å². The lowest BCUT2D eigenvalue weighted by Crippen LogP contribution is -2.51. The summed E-state index contributed by atoms with van der Waals surface area (Å²) in [4.78, 5) is 14.5. The van der Waals surface area contributed by atoms with Crippen LogP contribution in [0.15, 0.2) is 28.7 Å². The molecule has 0 aromatic heterocycles. The fraction of sp³-hybridized carbons (Fsp3) is 0.562. The molecule has 0 saturated heterocycles. The fourth-order valence-corrected chi connectivity index (χ4v) is 3.39. The van der Waals surface area contributed by atoms with Gasteiger partial charge in [-0.05, 0) is 37.9 Å². The average Bonchev–Trinajstić information content (AvgIpc) is 2.41. The third-order valence-corrected chi connectivity index (χ3v) is 5.07. The summed E-state index contributed by atoms with van der Waals surface area (Å²) in [5.41, 5.74) is 1.11. The predicted molar refractivity (Wildman–Crippen MR) is 85.7 cm³/mol. The second kappa shape index (κ2) is 6.72. The Balaban J connectivity index is 1.93. The van der Waals surface area contributed by atoms with Gasteiger partial charge in [0.15, 0.2) is 0 Å². The van der Waals surface area contributed by atoms with Gasteiger partial charge in [0.2, 0.25) is 5.91 Å². The van der Waals surface area contributed by atoms with Gasteiger partial charge in [0, 0.05) is 24.6 Å². The Labute approximate surface area is 129 Å². The van der Waals surface area contributed by atoms with E-state index in [2.05, 4.69) is 27.3 Å². The van der Waals surface area contributed by atoms with Crippen LogP contribution in [0.5, 0.6) is 0 Å². The molecule has 4 heteroatoms. The number of benzene rings is 1. The van der Waals surface area contributed by atoms with E-state index >= 15 is 0 Å². The van der Waals surface area contributed by atoms with Crippen LogP contribution in [-0.4, -0.2) is 38.0 Å². The first-order valence-electron chi connectivity index (χ1n) is 7.23. The highest BCUT2D eigenvalue weighted by Gasteiger charge is 2.44. The first kappa shape index (κ1) is 15.5. The van der Waals surface area contributed by atoms with Crippen LogP contribution < -0.4 is 5.32 Å². The van der Waals surface area contributed by atoms with E-state index < -0.39 is 0 Å². The summed E-state index contributed by atoms with van der Waals surface area (Å²) >= 11 is 3.56. The molecule has 1 aromatic rings. The standard InChI is InChI=1S/C16H23BrN2O/c1-18-12-16(9-5-10-16)15(20)19(2)11-8-13-6-3-4-7-14(13)17/h3-4,6-7,18H,5,8-12H2,1-2H3. The Bertz CT molecular complexity index is 471. The molecule has 1 amide bonds. The van der Waals surface area contributed by atoms with Crippen molar-refractivity contribution in [2.75, 3.05) is 27.2 Å². The maximum absolute atomic E-state index is 12.6. The minimum atomic E-state index is -0.141. The molecule has 1 saturated carbocycles. The van der Waals surface area contributed by atoms with Gasteiger partial charge in [0.25, 0.3) is 0 Å². The summed E-state index contributed by atoms with van der Waals surface area (Å²) in [5.74, 6) is 0.296. The molecule has 0 aliphatic heterocycles. The third kappa shape index (κ3) is 3.23. The maximum atomic E-state index is 12.6. The number of rotatable bonds is 6. The molecule has 0 bridgehead atoms. The molecule has 0 radical (unpaired) electrons. The van der Waals surface area contributed by atoms with Crippen LogP contribution in [0.1, 0.15) is 24.8 Å². The smallest absolute Gasteiger partial charge is 0.229 e. The molecular weight excluding hydrogens is 316 g/mol. The van der Waals surface area contributed by atoms with Gasteiger partial charge >= 0.3 is 0 Å². The van der Waals surface area contributed by atoms with Crippen molar-refractivity contribution in [3.63, 3.8) is 0 Å². The molecule has 0 unspecified atom stereocenters. The minimum absolute atomic E-state index is 0.141. The monoisotopic (exact) mass is 338 g/mol. The zero-order valence-corrected chi connectivity index (χ0v) is 13.9. The number of amides is 1. The molecule has 1 aliphatic rings. The van der Waals surface area contributed by atoms with Gasteiger partial charge in [0.05, 0.1) is 5.41 Å². The Hall–Kier alpha value is -0.870. The summed E-state index contributed by atoms with van der Waals surface area (Å²) in [6.45, 7) is 1.57. The molecule has 0 atom stereocenters. The van der Waals surface area contributed by atoms with Crippen LogP contribution in [0.2, 0.25) is 0 Å². The van der Waals surface area contributed by atoms with Crippen LogP contribution in [-0.2, 0) is 11.2 Å². The fourth-order valence-electron chi connectivity index (χ4n) is 2.90. The topological polar surface area (TPSA) is 32.3 Å². The van der Waals surface area contributed by atoms with Crippen molar-refractivity contribution < 1.29 is 4.79 Å². The van der Waals surface area contributed by atoms with Crippen LogP contribution >= 0.6 is 15.9 Å². The molecule has 1 aromatic carbocycles. The van der Waals surface area contributed by atoms with Gasteiger partial charge in [-0.25, -0.2) is 0 Å². The largest absolute Gasteiger partial charge is 0.345 e. The zero-order chi connectivity index (χ0) is 14.6. The van der Waals surface area contributed by atoms with E-state index in [0.717, 1.165) is 36.8 Å². The van der Waals surface area contributed by atoms with E-state index in [-0.39, 0.29) is 5.41 Å². The van der Waals surface area contributed by atoms with Crippen molar-refractivity contribution >= 4 is 21.8 Å². The van der Waals surface area contributed by atoms with Gasteiger partial charge < -0.3 is 10.2 Å². The molecule has 0 spiro atoms. The zero-order valence-electron chi connectivity index (χ0n) is 12.3. The van der Waals surface area contributed by atoms with E-state index in [1.807, 2.05) is 37.2 Å². The highest BCUT2D eigenvalue weighted by Crippen LogP contribution is 2.41. The van der Waals surface area contributed by atoms with Crippen molar-refractivity contribution in [3.8, 4) is 0 Å². The van der Waals surface area contributed by atoms with E-state index in [0.29, 0.717) is 5.91 Å². The second-order valence-corrected chi connectivity index (χ2v) is 6.59. The minimum Gasteiger partial charge on any atom is -0.345 e. The second-order valence-electron chi connectivity index (χ2n) is 5.73. The molecular formula is C16H23BrN2O. The third-order valence-electron chi connectivity index (χ3n) is 4.30. The highest BCUT2D eigenvalue weighted by atomic mass is 79.9. The molecule has 1 aliphatic carbocycles. The molecule has 110 valence electrons. The van der Waals surface area contributed by atoms with Crippen molar-refractivity contribution in [2.45, 2.75) is 25.7 Å². The first-order valence-corrected chi connectivity index (χ1v) is 8.02. The molecule has 1 fully saturated rings. The lowest BCUT2D eigenvalue weighted by atomic mass is 9.67. The van der Waals surface area contributed by atoms with Gasteiger partial charge in [-0.2, -0.15) is 0 Å². The van der Waals surface area contributed by atoms with Crippen molar-refractivity contribution in [1.82, 2.24) is 10.2 Å². The average molecular weight is 339 g/mol. The van der Waals surface area contributed by atoms with Crippen molar-refractivity contribution in [3.05, 3.63) is 34.3 Å². The number of hydrogen-bond acceptors (Lipinski definition) is 2. The molecule has 3 nitrogen and oxygen atoms in total. The van der Waals surface area contributed by atoms with Crippen molar-refractivity contribution in [2.24, 2.45) is 5.41 Å². The predicted octanol–water partition coefficient (Wildman–Crippen LogP) is 2.84. The van der Waals surface area contributed by atoms with E-state index in [4.69, 9.17) is 0 Å².